The molecule has 0 saturated carbocycles. The van der Waals surface area contributed by atoms with E-state index in [2.05, 4.69) is 10.1 Å². The molecule has 0 aromatic carbocycles. The Morgan fingerprint density at radius 2 is 0.727 bits per heavy atom. The maximum Gasteiger partial charge on any atom is 0.0854 e. The van der Waals surface area contributed by atoms with Crippen LogP contribution in [0.5, 0.6) is 0 Å². The van der Waals surface area contributed by atoms with Crippen LogP contribution in [0, 0.1) is 0 Å². The van der Waals surface area contributed by atoms with E-state index in [9.17, 15) is 0 Å². The van der Waals surface area contributed by atoms with Gasteiger partial charge in [0.15, 0.2) is 0 Å². The van der Waals surface area contributed by atoms with Crippen molar-refractivity contribution in [2.45, 2.75) is 77.0 Å². The average Bonchev–Trinajstić information content (AvgIpc) is 2.54. The summed E-state index contributed by atoms with van der Waals surface area (Å²) < 4.78 is 0. The normalized spacial score (nSPS) is 11.2. The van der Waals surface area contributed by atoms with E-state index in [0.29, 0.717) is 13.2 Å². The van der Waals surface area contributed by atoms with Crippen LogP contribution in [0.15, 0.2) is 0 Å². The zero-order chi connectivity index (χ0) is 16.1. The Kier molecular flexibility index (Phi) is 20.5. The minimum absolute atomic E-state index is 0.290. The van der Waals surface area contributed by atoms with Crippen LogP contribution in [-0.2, 0) is 19.9 Å². The highest BCUT2D eigenvalue weighted by Gasteiger charge is 1.95. The Balaban J connectivity index is 2.91. The molecule has 2 N–H and O–H groups in total. The zero-order valence-corrected chi connectivity index (χ0v) is 13.8. The van der Waals surface area contributed by atoms with Crippen LogP contribution in [-0.4, -0.2) is 36.6 Å². The molecule has 6 nitrogen and oxygen atoms in total. The second-order valence-corrected chi connectivity index (χ2v) is 5.47. The van der Waals surface area contributed by atoms with Crippen molar-refractivity contribution in [2.24, 2.45) is 0 Å². The zero-order valence-electron chi connectivity index (χ0n) is 13.8. The molecule has 134 valence electrons. The lowest BCUT2D eigenvalue weighted by Crippen LogP contribution is -2.01. The van der Waals surface area contributed by atoms with Gasteiger partial charge < -0.3 is 10.2 Å². The largest absolute Gasteiger partial charge is 0.396 e. The van der Waals surface area contributed by atoms with Crippen molar-refractivity contribution < 1.29 is 30.1 Å². The maximum atomic E-state index is 8.63. The van der Waals surface area contributed by atoms with Crippen molar-refractivity contribution in [1.29, 1.82) is 0 Å². The molecule has 0 amide bonds. The van der Waals surface area contributed by atoms with Crippen LogP contribution in [0.4, 0.5) is 0 Å². The van der Waals surface area contributed by atoms with Crippen molar-refractivity contribution in [1.82, 2.24) is 0 Å². The molecule has 0 aliphatic rings. The number of unbranched alkanes of at least 4 members (excludes halogenated alkanes) is 10. The lowest BCUT2D eigenvalue weighted by atomic mass is 10.1. The SMILES string of the molecule is OCCCCCCCCOOOOCCCCCCCCO. The van der Waals surface area contributed by atoms with Gasteiger partial charge in [-0.1, -0.05) is 51.4 Å². The van der Waals surface area contributed by atoms with Crippen LogP contribution in [0.25, 0.3) is 0 Å². The summed E-state index contributed by atoms with van der Waals surface area (Å²) in [4.78, 5) is 9.64. The van der Waals surface area contributed by atoms with Gasteiger partial charge in [-0.15, -0.1) is 0 Å². The number of aliphatic hydroxyl groups excluding tert-OH is 2. The van der Waals surface area contributed by atoms with Crippen LogP contribution in [0.1, 0.15) is 77.0 Å². The van der Waals surface area contributed by atoms with E-state index >= 15 is 0 Å². The second-order valence-electron chi connectivity index (χ2n) is 5.47. The molecule has 0 rings (SSSR count). The summed E-state index contributed by atoms with van der Waals surface area (Å²) in [6, 6.07) is 0. The molecular formula is C16H34O6. The minimum atomic E-state index is 0.290. The summed E-state index contributed by atoms with van der Waals surface area (Å²) in [7, 11) is 0. The third-order valence-corrected chi connectivity index (χ3v) is 3.40. The molecule has 0 heterocycles. The summed E-state index contributed by atoms with van der Waals surface area (Å²) in [5, 5.41) is 26.2. The molecular weight excluding hydrogens is 288 g/mol. The monoisotopic (exact) mass is 322 g/mol. The van der Waals surface area contributed by atoms with Gasteiger partial charge in [0.25, 0.3) is 0 Å². The first-order chi connectivity index (χ1) is 10.9. The highest BCUT2D eigenvalue weighted by Crippen LogP contribution is 2.06. The number of aliphatic hydroxyl groups is 2. The number of hydrogen-bond donors (Lipinski definition) is 2. The average molecular weight is 322 g/mol. The van der Waals surface area contributed by atoms with Gasteiger partial charge >= 0.3 is 0 Å². The molecule has 0 aromatic heterocycles. The third kappa shape index (κ3) is 19.8. The number of hydrogen-bond acceptors (Lipinski definition) is 6. The van der Waals surface area contributed by atoms with Crippen LogP contribution in [0.3, 0.4) is 0 Å². The molecule has 22 heavy (non-hydrogen) atoms. The van der Waals surface area contributed by atoms with Crippen molar-refractivity contribution in [2.75, 3.05) is 26.4 Å². The highest BCUT2D eigenvalue weighted by molar-refractivity contribution is 4.44. The summed E-state index contributed by atoms with van der Waals surface area (Å²) >= 11 is 0. The predicted molar refractivity (Wildman–Crippen MR) is 83.6 cm³/mol. The van der Waals surface area contributed by atoms with Gasteiger partial charge in [-0.3, -0.25) is 0 Å². The molecule has 0 radical (unpaired) electrons. The molecule has 6 heteroatoms. The van der Waals surface area contributed by atoms with E-state index in [0.717, 1.165) is 77.0 Å². The maximum absolute atomic E-state index is 8.63. The molecule has 0 atom stereocenters. The predicted octanol–water partition coefficient (Wildman–Crippen LogP) is 3.46. The minimum Gasteiger partial charge on any atom is -0.396 e. The van der Waals surface area contributed by atoms with E-state index in [1.165, 1.54) is 0 Å². The van der Waals surface area contributed by atoms with Crippen molar-refractivity contribution in [3.63, 3.8) is 0 Å². The first kappa shape index (κ1) is 21.8. The number of rotatable bonds is 19. The van der Waals surface area contributed by atoms with E-state index < -0.39 is 0 Å². The quantitative estimate of drug-likeness (QED) is 0.215. The van der Waals surface area contributed by atoms with E-state index in [1.54, 1.807) is 0 Å². The Bertz CT molecular complexity index is 171. The van der Waals surface area contributed by atoms with Gasteiger partial charge in [0, 0.05) is 13.2 Å². The van der Waals surface area contributed by atoms with E-state index in [1.807, 2.05) is 0 Å². The standard InChI is InChI=1S/C16H34O6/c17-13-9-5-1-3-7-11-15-19-21-22-20-16-12-8-4-2-6-10-14-18/h17-18H,1-16H2. The third-order valence-electron chi connectivity index (χ3n) is 3.40. The topological polar surface area (TPSA) is 77.4 Å². The molecule has 0 fully saturated rings. The first-order valence-electron chi connectivity index (χ1n) is 8.71. The lowest BCUT2D eigenvalue weighted by Gasteiger charge is -2.03. The second kappa shape index (κ2) is 20.8. The summed E-state index contributed by atoms with van der Waals surface area (Å²) in [5.74, 6) is 0. The van der Waals surface area contributed by atoms with E-state index in [-0.39, 0.29) is 13.2 Å². The molecule has 0 aliphatic heterocycles. The Labute approximate surface area is 134 Å². The van der Waals surface area contributed by atoms with Crippen molar-refractivity contribution in [3.8, 4) is 0 Å². The van der Waals surface area contributed by atoms with Crippen LogP contribution < -0.4 is 0 Å². The summed E-state index contributed by atoms with van der Waals surface area (Å²) in [5.41, 5.74) is 0. The van der Waals surface area contributed by atoms with Gasteiger partial charge in [-0.2, -0.15) is 0 Å². The Hall–Kier alpha value is -0.240. The van der Waals surface area contributed by atoms with Gasteiger partial charge in [-0.25, -0.2) is 9.78 Å². The highest BCUT2D eigenvalue weighted by atomic mass is 17.7. The molecule has 0 aromatic rings. The van der Waals surface area contributed by atoms with Crippen LogP contribution >= 0.6 is 0 Å². The fourth-order valence-corrected chi connectivity index (χ4v) is 2.07. The van der Waals surface area contributed by atoms with Gasteiger partial charge in [0.1, 0.15) is 0 Å². The van der Waals surface area contributed by atoms with Gasteiger partial charge in [-0.05, 0) is 35.8 Å². The smallest absolute Gasteiger partial charge is 0.0854 e. The fourth-order valence-electron chi connectivity index (χ4n) is 2.07. The first-order valence-corrected chi connectivity index (χ1v) is 8.71. The molecule has 0 saturated heterocycles. The summed E-state index contributed by atoms with van der Waals surface area (Å²) in [6.45, 7) is 1.57. The Morgan fingerprint density at radius 1 is 0.409 bits per heavy atom. The summed E-state index contributed by atoms with van der Waals surface area (Å²) in [6.07, 6.45) is 12.6. The molecule has 0 spiro atoms. The van der Waals surface area contributed by atoms with E-state index in [4.69, 9.17) is 20.0 Å². The van der Waals surface area contributed by atoms with Gasteiger partial charge in [0.2, 0.25) is 0 Å². The van der Waals surface area contributed by atoms with Crippen molar-refractivity contribution in [3.05, 3.63) is 0 Å². The fraction of sp³-hybridized carbons (Fsp3) is 1.00. The van der Waals surface area contributed by atoms with Crippen LogP contribution in [0.2, 0.25) is 0 Å². The van der Waals surface area contributed by atoms with Gasteiger partial charge in [0.05, 0.1) is 13.2 Å². The molecule has 0 unspecified atom stereocenters. The van der Waals surface area contributed by atoms with Crippen molar-refractivity contribution >= 4 is 0 Å². The lowest BCUT2D eigenvalue weighted by molar-refractivity contribution is -0.634. The Morgan fingerprint density at radius 3 is 1.09 bits per heavy atom. The molecule has 0 aliphatic carbocycles. The molecule has 0 bridgehead atoms.